The van der Waals surface area contributed by atoms with Gasteiger partial charge >= 0.3 is 0 Å². The fraction of sp³-hybridized carbons (Fsp3) is 1.00. The SMILES string of the molecule is C.C.C.C.C.C.C.C.C.C.C.CCCCCCC(C)C. The third-order valence-corrected chi connectivity index (χ3v) is 1.64. The highest BCUT2D eigenvalue weighted by Crippen LogP contribution is 2.08. The first-order chi connectivity index (χ1) is 4.27. The molecule has 0 spiro atoms. The van der Waals surface area contributed by atoms with Crippen LogP contribution in [0.5, 0.6) is 0 Å². The number of unbranched alkanes of at least 4 members (excludes halogenated alkanes) is 3. The Labute approximate surface area is 141 Å². The van der Waals surface area contributed by atoms with Gasteiger partial charge in [-0.15, -0.1) is 0 Å². The largest absolute Gasteiger partial charge is 0.0776 e. The maximum absolute atomic E-state index is 2.30. The average molecular weight is 305 g/mol. The second-order valence-corrected chi connectivity index (χ2v) is 3.24. The van der Waals surface area contributed by atoms with Crippen LogP contribution in [0, 0.1) is 5.92 Å². The summed E-state index contributed by atoms with van der Waals surface area (Å²) >= 11 is 0. The van der Waals surface area contributed by atoms with Crippen molar-refractivity contribution in [3.05, 3.63) is 0 Å². The molecule has 0 N–H and O–H groups in total. The van der Waals surface area contributed by atoms with E-state index in [1.165, 1.54) is 32.1 Å². The molecule has 0 aromatic rings. The predicted octanol–water partition coefficient (Wildman–Crippen LogP) is 10.6. The first-order valence-corrected chi connectivity index (χ1v) is 4.27. The quantitative estimate of drug-likeness (QED) is 0.443. The van der Waals surface area contributed by atoms with Crippen molar-refractivity contribution in [2.24, 2.45) is 5.92 Å². The van der Waals surface area contributed by atoms with Crippen LogP contribution in [0.4, 0.5) is 0 Å². The zero-order valence-electron chi connectivity index (χ0n) is 7.11. The van der Waals surface area contributed by atoms with Gasteiger partial charge in [-0.25, -0.2) is 0 Å². The predicted molar refractivity (Wildman–Crippen MR) is 118 cm³/mol. The molecule has 0 rings (SSSR count). The van der Waals surface area contributed by atoms with E-state index in [9.17, 15) is 0 Å². The molecule has 0 unspecified atom stereocenters. The van der Waals surface area contributed by atoms with Gasteiger partial charge in [-0.3, -0.25) is 0 Å². The lowest BCUT2D eigenvalue weighted by atomic mass is 10.1. The molecule has 0 aromatic carbocycles. The highest BCUT2D eigenvalue weighted by Gasteiger charge is 1.91. The number of hydrogen-bond acceptors (Lipinski definition) is 0. The summed E-state index contributed by atoms with van der Waals surface area (Å²) in [6.07, 6.45) is 7.07. The molecule has 20 heavy (non-hydrogen) atoms. The smallest absolute Gasteiger partial charge is 0.0471 e. The molecule has 0 aliphatic carbocycles. The topological polar surface area (TPSA) is 0 Å². The molecule has 0 fully saturated rings. The van der Waals surface area contributed by atoms with Crippen LogP contribution in [0.25, 0.3) is 0 Å². The molecule has 0 heteroatoms. The van der Waals surface area contributed by atoms with E-state index in [-0.39, 0.29) is 81.7 Å². The third kappa shape index (κ3) is 144. The van der Waals surface area contributed by atoms with E-state index in [1.54, 1.807) is 0 Å². The summed E-state index contributed by atoms with van der Waals surface area (Å²) < 4.78 is 0. The van der Waals surface area contributed by atoms with Gasteiger partial charge in [0.1, 0.15) is 0 Å². The molecule has 0 radical (unpaired) electrons. The van der Waals surface area contributed by atoms with Crippen LogP contribution in [-0.4, -0.2) is 0 Å². The van der Waals surface area contributed by atoms with E-state index in [0.29, 0.717) is 0 Å². The first-order valence-electron chi connectivity index (χ1n) is 4.27. The summed E-state index contributed by atoms with van der Waals surface area (Å²) in [4.78, 5) is 0. The summed E-state index contributed by atoms with van der Waals surface area (Å²) in [5.74, 6) is 0.904. The molecule has 0 atom stereocenters. The molecule has 0 aliphatic rings. The van der Waals surface area contributed by atoms with Crippen molar-refractivity contribution in [1.82, 2.24) is 0 Å². The van der Waals surface area contributed by atoms with Gasteiger partial charge in [-0.05, 0) is 5.92 Å². The Balaban J connectivity index is -0.00000000582. The van der Waals surface area contributed by atoms with Crippen molar-refractivity contribution in [3.8, 4) is 0 Å². The van der Waals surface area contributed by atoms with Crippen molar-refractivity contribution in [2.45, 2.75) is 135 Å². The Hall–Kier alpha value is 0. The van der Waals surface area contributed by atoms with Crippen molar-refractivity contribution >= 4 is 0 Å². The van der Waals surface area contributed by atoms with Crippen LogP contribution in [0.2, 0.25) is 0 Å². The molecule has 0 heterocycles. The van der Waals surface area contributed by atoms with Crippen molar-refractivity contribution in [2.75, 3.05) is 0 Å². The summed E-state index contributed by atoms with van der Waals surface area (Å²) in [6.45, 7) is 6.85. The molecule has 0 aromatic heterocycles. The lowest BCUT2D eigenvalue weighted by molar-refractivity contribution is 0.525. The van der Waals surface area contributed by atoms with Crippen LogP contribution < -0.4 is 0 Å². The maximum atomic E-state index is 2.30. The van der Waals surface area contributed by atoms with Crippen LogP contribution in [-0.2, 0) is 0 Å². The number of rotatable bonds is 5. The van der Waals surface area contributed by atoms with E-state index < -0.39 is 0 Å². The van der Waals surface area contributed by atoms with E-state index in [1.807, 2.05) is 0 Å². The Bertz CT molecular complexity index is 46.0. The van der Waals surface area contributed by atoms with Crippen molar-refractivity contribution in [3.63, 3.8) is 0 Å². The van der Waals surface area contributed by atoms with Crippen LogP contribution in [0.15, 0.2) is 0 Å². The Morgan fingerprint density at radius 3 is 1.00 bits per heavy atom. The van der Waals surface area contributed by atoms with Gasteiger partial charge in [-0.2, -0.15) is 0 Å². The molecule has 0 amide bonds. The Morgan fingerprint density at radius 1 is 0.500 bits per heavy atom. The fourth-order valence-corrected chi connectivity index (χ4v) is 0.979. The first kappa shape index (κ1) is 113. The molecule has 144 valence electrons. The van der Waals surface area contributed by atoms with Crippen molar-refractivity contribution < 1.29 is 0 Å². The van der Waals surface area contributed by atoms with Gasteiger partial charge in [0.2, 0.25) is 0 Å². The summed E-state index contributed by atoms with van der Waals surface area (Å²) in [5, 5.41) is 0. The zero-order chi connectivity index (χ0) is 7.11. The maximum Gasteiger partial charge on any atom is -0.0471 e. The number of hydrogen-bond donors (Lipinski definition) is 0. The summed E-state index contributed by atoms with van der Waals surface area (Å²) in [5.41, 5.74) is 0. The molecule has 0 nitrogen and oxygen atoms in total. The Morgan fingerprint density at radius 2 is 0.800 bits per heavy atom. The molecule has 0 saturated carbocycles. The average Bonchev–Trinajstić information content (AvgIpc) is 1.80. The summed E-state index contributed by atoms with van der Waals surface area (Å²) in [7, 11) is 0. The zero-order valence-corrected chi connectivity index (χ0v) is 7.11. The third-order valence-electron chi connectivity index (χ3n) is 1.64. The minimum absolute atomic E-state index is 0. The van der Waals surface area contributed by atoms with Crippen LogP contribution in [0.3, 0.4) is 0 Å². The minimum Gasteiger partial charge on any atom is -0.0776 e. The van der Waals surface area contributed by atoms with Gasteiger partial charge < -0.3 is 0 Å². The van der Waals surface area contributed by atoms with E-state index in [2.05, 4.69) is 20.8 Å². The fourth-order valence-electron chi connectivity index (χ4n) is 0.979. The lowest BCUT2D eigenvalue weighted by Gasteiger charge is -2.01. The molecule has 0 saturated heterocycles. The molecular weight excluding hydrogens is 240 g/mol. The van der Waals surface area contributed by atoms with Crippen molar-refractivity contribution in [1.29, 1.82) is 0 Å². The summed E-state index contributed by atoms with van der Waals surface area (Å²) in [6, 6.07) is 0. The standard InChI is InChI=1S/C9H20.11CH4/c1-4-5-6-7-8-9(2)3;;;;;;;;;;;/h9H,4-8H2,1-3H3;11*1H4. The molecule has 0 aliphatic heterocycles. The van der Waals surface area contributed by atoms with Gasteiger partial charge in [0.15, 0.2) is 0 Å². The van der Waals surface area contributed by atoms with Crippen LogP contribution >= 0.6 is 0 Å². The van der Waals surface area contributed by atoms with Gasteiger partial charge in [0.25, 0.3) is 0 Å². The Kier molecular flexibility index (Phi) is 543. The van der Waals surface area contributed by atoms with Gasteiger partial charge in [0.05, 0.1) is 0 Å². The highest BCUT2D eigenvalue weighted by molar-refractivity contribution is 4.45. The lowest BCUT2D eigenvalue weighted by Crippen LogP contribution is -1.86. The van der Waals surface area contributed by atoms with E-state index >= 15 is 0 Å². The second kappa shape index (κ2) is 96.2. The monoisotopic (exact) mass is 305 g/mol. The normalized spacial score (nSPS) is 4.80. The van der Waals surface area contributed by atoms with Crippen LogP contribution in [0.1, 0.15) is 135 Å². The minimum atomic E-state index is 0. The van der Waals surface area contributed by atoms with Gasteiger partial charge in [-0.1, -0.05) is 135 Å². The molecule has 0 bridgehead atoms. The van der Waals surface area contributed by atoms with E-state index in [4.69, 9.17) is 0 Å². The molecular formula is C20H64. The van der Waals surface area contributed by atoms with Gasteiger partial charge in [0, 0.05) is 0 Å². The van der Waals surface area contributed by atoms with E-state index in [0.717, 1.165) is 5.92 Å². The second-order valence-electron chi connectivity index (χ2n) is 3.24. The highest BCUT2D eigenvalue weighted by atomic mass is 14.0.